The van der Waals surface area contributed by atoms with Crippen molar-refractivity contribution < 1.29 is 22.3 Å². The van der Waals surface area contributed by atoms with Crippen LogP contribution in [-0.4, -0.2) is 26.2 Å². The lowest BCUT2D eigenvalue weighted by molar-refractivity contribution is -0.144. The van der Waals surface area contributed by atoms with Gasteiger partial charge in [0.15, 0.2) is 0 Å². The number of halogens is 4. The summed E-state index contributed by atoms with van der Waals surface area (Å²) in [6.45, 7) is 2.04. The van der Waals surface area contributed by atoms with Crippen molar-refractivity contribution in [3.8, 4) is 5.75 Å². The van der Waals surface area contributed by atoms with Gasteiger partial charge in [-0.15, -0.1) is 5.10 Å². The molecule has 0 saturated heterocycles. The van der Waals surface area contributed by atoms with Crippen molar-refractivity contribution in [1.29, 1.82) is 0 Å². The molecule has 1 aromatic carbocycles. The van der Waals surface area contributed by atoms with Gasteiger partial charge in [-0.25, -0.2) is 9.37 Å². The number of fused-ring (bicyclic) bond motifs is 2. The number of aryl methyl sites for hydroxylation is 1. The Labute approximate surface area is 144 Å². The maximum atomic E-state index is 13.6. The molecule has 1 aliphatic rings. The average molecular weight is 367 g/mol. The molecule has 0 saturated carbocycles. The summed E-state index contributed by atoms with van der Waals surface area (Å²) >= 11 is 0. The third kappa shape index (κ3) is 2.91. The second kappa shape index (κ2) is 5.82. The fourth-order valence-electron chi connectivity index (χ4n) is 2.90. The smallest absolute Gasteiger partial charge is 0.453 e. The Balaban J connectivity index is 1.77. The van der Waals surface area contributed by atoms with Crippen LogP contribution < -0.4 is 10.1 Å². The van der Waals surface area contributed by atoms with E-state index in [1.165, 1.54) is 18.2 Å². The minimum Gasteiger partial charge on any atom is -0.493 e. The summed E-state index contributed by atoms with van der Waals surface area (Å²) in [6.07, 6.45) is -4.16. The highest BCUT2D eigenvalue weighted by atomic mass is 19.4. The third-order valence-electron chi connectivity index (χ3n) is 4.03. The van der Waals surface area contributed by atoms with Gasteiger partial charge >= 0.3 is 6.18 Å². The van der Waals surface area contributed by atoms with E-state index in [0.29, 0.717) is 30.0 Å². The van der Waals surface area contributed by atoms with Crippen molar-refractivity contribution in [3.05, 3.63) is 47.2 Å². The number of ether oxygens (including phenoxy) is 1. The lowest BCUT2D eigenvalue weighted by Crippen LogP contribution is -2.22. The Morgan fingerprint density at radius 2 is 2.04 bits per heavy atom. The lowest BCUT2D eigenvalue weighted by atomic mass is 10.0. The van der Waals surface area contributed by atoms with Crippen LogP contribution in [-0.2, 0) is 6.18 Å². The van der Waals surface area contributed by atoms with Crippen LogP contribution >= 0.6 is 0 Å². The zero-order valence-corrected chi connectivity index (χ0v) is 13.5. The number of aromatic nitrogens is 4. The molecule has 26 heavy (non-hydrogen) atoms. The SMILES string of the molecule is Cc1cc(NC2CCOc3ccc(F)cc32)n2nc(C(F)(F)F)nc2n1. The lowest BCUT2D eigenvalue weighted by Gasteiger charge is -2.27. The van der Waals surface area contributed by atoms with E-state index in [1.807, 2.05) is 0 Å². The first-order chi connectivity index (χ1) is 12.3. The quantitative estimate of drug-likeness (QED) is 0.702. The van der Waals surface area contributed by atoms with E-state index in [-0.39, 0.29) is 17.6 Å². The predicted molar refractivity (Wildman–Crippen MR) is 83.4 cm³/mol. The Kier molecular flexibility index (Phi) is 3.70. The molecular weight excluding hydrogens is 354 g/mol. The number of nitrogens with one attached hydrogen (secondary N) is 1. The summed E-state index contributed by atoms with van der Waals surface area (Å²) in [6, 6.07) is 5.39. The highest BCUT2D eigenvalue weighted by Gasteiger charge is 2.37. The van der Waals surface area contributed by atoms with Gasteiger partial charge in [0.25, 0.3) is 11.6 Å². The molecule has 0 bridgehead atoms. The summed E-state index contributed by atoms with van der Waals surface area (Å²) in [4.78, 5) is 7.43. The van der Waals surface area contributed by atoms with Gasteiger partial charge in [0.2, 0.25) is 0 Å². The molecule has 0 radical (unpaired) electrons. The minimum absolute atomic E-state index is 0.161. The first kappa shape index (κ1) is 16.6. The second-order valence-electron chi connectivity index (χ2n) is 5.94. The van der Waals surface area contributed by atoms with E-state index in [0.717, 1.165) is 4.52 Å². The van der Waals surface area contributed by atoms with E-state index in [9.17, 15) is 17.6 Å². The number of anilines is 1. The van der Waals surface area contributed by atoms with Crippen molar-refractivity contribution >= 4 is 11.6 Å². The molecule has 0 fully saturated rings. The van der Waals surface area contributed by atoms with Crippen molar-refractivity contribution in [1.82, 2.24) is 19.6 Å². The van der Waals surface area contributed by atoms with Crippen molar-refractivity contribution in [3.63, 3.8) is 0 Å². The standard InChI is InChI=1S/C16H13F4N5O/c1-8-6-13(25-15(21-8)23-14(24-25)16(18,19)20)22-11-4-5-26-12-3-2-9(17)7-10(11)12/h2-3,6-7,11,22H,4-5H2,1H3. The summed E-state index contributed by atoms with van der Waals surface area (Å²) in [7, 11) is 0. The highest BCUT2D eigenvalue weighted by molar-refractivity contribution is 5.49. The normalized spacial score (nSPS) is 17.0. The van der Waals surface area contributed by atoms with Crippen LogP contribution in [0.3, 0.4) is 0 Å². The summed E-state index contributed by atoms with van der Waals surface area (Å²) < 4.78 is 58.9. The van der Waals surface area contributed by atoms with E-state index < -0.39 is 17.8 Å². The summed E-state index contributed by atoms with van der Waals surface area (Å²) in [5.74, 6) is -1.02. The van der Waals surface area contributed by atoms with Crippen molar-refractivity contribution in [2.45, 2.75) is 25.6 Å². The molecule has 1 aliphatic heterocycles. The van der Waals surface area contributed by atoms with Gasteiger partial charge in [0, 0.05) is 23.7 Å². The predicted octanol–water partition coefficient (Wildman–Crippen LogP) is 3.53. The monoisotopic (exact) mass is 367 g/mol. The van der Waals surface area contributed by atoms with Gasteiger partial charge < -0.3 is 10.1 Å². The van der Waals surface area contributed by atoms with Gasteiger partial charge in [-0.2, -0.15) is 22.7 Å². The molecule has 1 atom stereocenters. The molecule has 1 unspecified atom stereocenters. The number of rotatable bonds is 2. The maximum absolute atomic E-state index is 13.6. The molecule has 136 valence electrons. The zero-order valence-electron chi connectivity index (χ0n) is 13.5. The van der Waals surface area contributed by atoms with Crippen molar-refractivity contribution in [2.24, 2.45) is 0 Å². The molecular formula is C16H13F4N5O. The molecule has 1 N–H and O–H groups in total. The molecule has 10 heteroatoms. The first-order valence-electron chi connectivity index (χ1n) is 7.81. The molecule has 0 amide bonds. The number of benzene rings is 1. The molecule has 3 aromatic rings. The van der Waals surface area contributed by atoms with Gasteiger partial charge in [0.1, 0.15) is 17.4 Å². The molecule has 0 aliphatic carbocycles. The average Bonchev–Trinajstić information content (AvgIpc) is 3.00. The maximum Gasteiger partial charge on any atom is 0.453 e. The molecule has 6 nitrogen and oxygen atoms in total. The first-order valence-corrected chi connectivity index (χ1v) is 7.81. The van der Waals surface area contributed by atoms with E-state index in [2.05, 4.69) is 20.4 Å². The van der Waals surface area contributed by atoms with Crippen LogP contribution in [0.15, 0.2) is 24.3 Å². The number of hydrogen-bond donors (Lipinski definition) is 1. The van der Waals surface area contributed by atoms with Crippen LogP contribution in [0.1, 0.15) is 29.5 Å². The summed E-state index contributed by atoms with van der Waals surface area (Å²) in [5, 5.41) is 6.63. The Morgan fingerprint density at radius 3 is 2.81 bits per heavy atom. The van der Waals surface area contributed by atoms with Crippen molar-refractivity contribution in [2.75, 3.05) is 11.9 Å². The van der Waals surface area contributed by atoms with Gasteiger partial charge in [0.05, 0.1) is 12.6 Å². The molecule has 4 rings (SSSR count). The highest BCUT2D eigenvalue weighted by Crippen LogP contribution is 2.35. The number of hydrogen-bond acceptors (Lipinski definition) is 5. The van der Waals surface area contributed by atoms with Crippen LogP contribution in [0.25, 0.3) is 5.78 Å². The van der Waals surface area contributed by atoms with Gasteiger partial charge in [-0.05, 0) is 25.1 Å². The Bertz CT molecular complexity index is 985. The van der Waals surface area contributed by atoms with Crippen LogP contribution in [0.5, 0.6) is 5.75 Å². The fourth-order valence-corrected chi connectivity index (χ4v) is 2.90. The number of nitrogens with zero attached hydrogens (tertiary/aromatic N) is 4. The van der Waals surface area contributed by atoms with E-state index >= 15 is 0 Å². The largest absolute Gasteiger partial charge is 0.493 e. The van der Waals surface area contributed by atoms with Gasteiger partial charge in [-0.3, -0.25) is 0 Å². The molecule has 0 spiro atoms. The van der Waals surface area contributed by atoms with E-state index in [1.54, 1.807) is 13.0 Å². The topological polar surface area (TPSA) is 64.3 Å². The zero-order chi connectivity index (χ0) is 18.5. The third-order valence-corrected chi connectivity index (χ3v) is 4.03. The van der Waals surface area contributed by atoms with Crippen LogP contribution in [0.4, 0.5) is 23.4 Å². The van der Waals surface area contributed by atoms with Crippen LogP contribution in [0.2, 0.25) is 0 Å². The molecule has 2 aromatic heterocycles. The fraction of sp³-hybridized carbons (Fsp3) is 0.312. The minimum atomic E-state index is -4.67. The molecule has 3 heterocycles. The summed E-state index contributed by atoms with van der Waals surface area (Å²) in [5.41, 5.74) is 1.07. The second-order valence-corrected chi connectivity index (χ2v) is 5.94. The Morgan fingerprint density at radius 1 is 1.23 bits per heavy atom. The van der Waals surface area contributed by atoms with Gasteiger partial charge in [-0.1, -0.05) is 0 Å². The van der Waals surface area contributed by atoms with E-state index in [4.69, 9.17) is 4.74 Å². The number of alkyl halides is 3. The van der Waals surface area contributed by atoms with Crippen LogP contribution in [0, 0.1) is 12.7 Å². The Hall–Kier alpha value is -2.91.